The minimum absolute atomic E-state index is 0.209. The highest BCUT2D eigenvalue weighted by Gasteiger charge is 2.12. The van der Waals surface area contributed by atoms with Gasteiger partial charge in [0.15, 0.2) is 0 Å². The smallest absolute Gasteiger partial charge is 0.274 e. The van der Waals surface area contributed by atoms with E-state index < -0.39 is 0 Å². The van der Waals surface area contributed by atoms with Gasteiger partial charge in [-0.15, -0.1) is 0 Å². The van der Waals surface area contributed by atoms with Crippen LogP contribution in [0.2, 0.25) is 0 Å². The van der Waals surface area contributed by atoms with E-state index in [1.807, 2.05) is 44.2 Å². The lowest BCUT2D eigenvalue weighted by molar-refractivity contribution is 0.102. The number of nitrogens with zero attached hydrogens (tertiary/aromatic N) is 1. The molecule has 1 amide bonds. The van der Waals surface area contributed by atoms with Crippen molar-refractivity contribution in [3.05, 3.63) is 82.1 Å². The van der Waals surface area contributed by atoms with Gasteiger partial charge in [-0.25, -0.2) is 4.98 Å². The minimum atomic E-state index is -0.209. The van der Waals surface area contributed by atoms with Crippen LogP contribution >= 0.6 is 15.9 Å². The molecule has 3 aromatic rings. The molecule has 24 heavy (non-hydrogen) atoms. The highest BCUT2D eigenvalue weighted by atomic mass is 79.9. The molecule has 3 rings (SSSR count). The number of aryl methyl sites for hydroxylation is 1. The molecule has 1 heterocycles. The number of carbonyl (C=O) groups is 1. The van der Waals surface area contributed by atoms with Gasteiger partial charge in [-0.05, 0) is 64.2 Å². The van der Waals surface area contributed by atoms with Gasteiger partial charge in [0.2, 0.25) is 0 Å². The highest BCUT2D eigenvalue weighted by Crippen LogP contribution is 2.28. The standard InChI is InChI=1S/C20H17BrN2O/c1-13-11-19(22-12-17(13)21)20(24)23-18-10-6-9-16(14(18)2)15-7-4-3-5-8-15/h3-12H,1-2H3,(H,23,24). The third-order valence-corrected chi connectivity index (χ3v) is 4.78. The summed E-state index contributed by atoms with van der Waals surface area (Å²) in [6, 6.07) is 17.8. The van der Waals surface area contributed by atoms with Crippen molar-refractivity contribution in [3.63, 3.8) is 0 Å². The van der Waals surface area contributed by atoms with Crippen LogP contribution in [0.4, 0.5) is 5.69 Å². The van der Waals surface area contributed by atoms with Crippen molar-refractivity contribution in [2.45, 2.75) is 13.8 Å². The maximum Gasteiger partial charge on any atom is 0.274 e. The molecule has 1 N–H and O–H groups in total. The van der Waals surface area contributed by atoms with Crippen LogP contribution in [0.25, 0.3) is 11.1 Å². The van der Waals surface area contributed by atoms with Gasteiger partial charge in [0.05, 0.1) is 0 Å². The second-order valence-electron chi connectivity index (χ2n) is 5.62. The Balaban J connectivity index is 1.90. The van der Waals surface area contributed by atoms with Crippen LogP contribution in [0.5, 0.6) is 0 Å². The van der Waals surface area contributed by atoms with Gasteiger partial charge in [-0.3, -0.25) is 4.79 Å². The molecule has 0 atom stereocenters. The van der Waals surface area contributed by atoms with Crippen molar-refractivity contribution in [3.8, 4) is 11.1 Å². The van der Waals surface area contributed by atoms with Crippen molar-refractivity contribution >= 4 is 27.5 Å². The number of aromatic nitrogens is 1. The molecule has 4 heteroatoms. The van der Waals surface area contributed by atoms with Crippen LogP contribution in [0.15, 0.2) is 65.3 Å². The fourth-order valence-electron chi connectivity index (χ4n) is 2.55. The van der Waals surface area contributed by atoms with Gasteiger partial charge < -0.3 is 5.32 Å². The Hall–Kier alpha value is -2.46. The third-order valence-electron chi connectivity index (χ3n) is 3.95. The van der Waals surface area contributed by atoms with Crippen molar-refractivity contribution < 1.29 is 4.79 Å². The largest absolute Gasteiger partial charge is 0.320 e. The summed E-state index contributed by atoms with van der Waals surface area (Å²) in [5, 5.41) is 2.97. The van der Waals surface area contributed by atoms with Crippen LogP contribution in [0.3, 0.4) is 0 Å². The summed E-state index contributed by atoms with van der Waals surface area (Å²) in [7, 11) is 0. The molecule has 0 fully saturated rings. The Morgan fingerprint density at radius 3 is 2.50 bits per heavy atom. The number of nitrogens with one attached hydrogen (secondary N) is 1. The lowest BCUT2D eigenvalue weighted by Gasteiger charge is -2.13. The van der Waals surface area contributed by atoms with Crippen molar-refractivity contribution in [2.24, 2.45) is 0 Å². The second kappa shape index (κ2) is 6.97. The Labute approximate surface area is 149 Å². The van der Waals surface area contributed by atoms with E-state index in [1.54, 1.807) is 12.3 Å². The van der Waals surface area contributed by atoms with E-state index in [0.717, 1.165) is 32.4 Å². The number of hydrogen-bond donors (Lipinski definition) is 1. The number of pyridine rings is 1. The summed E-state index contributed by atoms with van der Waals surface area (Å²) < 4.78 is 0.890. The molecule has 0 saturated heterocycles. The molecular weight excluding hydrogens is 364 g/mol. The van der Waals surface area contributed by atoms with Crippen molar-refractivity contribution in [1.82, 2.24) is 4.98 Å². The minimum Gasteiger partial charge on any atom is -0.320 e. The topological polar surface area (TPSA) is 42.0 Å². The summed E-state index contributed by atoms with van der Waals surface area (Å²) in [6.07, 6.45) is 1.65. The van der Waals surface area contributed by atoms with E-state index in [4.69, 9.17) is 0 Å². The predicted molar refractivity (Wildman–Crippen MR) is 101 cm³/mol. The van der Waals surface area contributed by atoms with Gasteiger partial charge in [0.1, 0.15) is 5.69 Å². The van der Waals surface area contributed by atoms with Crippen LogP contribution < -0.4 is 5.32 Å². The summed E-state index contributed by atoms with van der Waals surface area (Å²) in [4.78, 5) is 16.7. The maximum atomic E-state index is 12.5. The van der Waals surface area contributed by atoms with Crippen LogP contribution in [0.1, 0.15) is 21.6 Å². The quantitative estimate of drug-likeness (QED) is 0.662. The molecule has 0 aliphatic carbocycles. The van der Waals surface area contributed by atoms with E-state index in [-0.39, 0.29) is 5.91 Å². The van der Waals surface area contributed by atoms with Crippen LogP contribution in [-0.2, 0) is 0 Å². The second-order valence-corrected chi connectivity index (χ2v) is 6.47. The third kappa shape index (κ3) is 3.39. The van der Waals surface area contributed by atoms with Crippen molar-refractivity contribution in [1.29, 1.82) is 0 Å². The average molecular weight is 381 g/mol. The molecule has 0 aliphatic rings. The fraction of sp³-hybridized carbons (Fsp3) is 0.100. The summed E-state index contributed by atoms with van der Waals surface area (Å²) in [5.74, 6) is -0.209. The monoisotopic (exact) mass is 380 g/mol. The van der Waals surface area contributed by atoms with Gasteiger partial charge in [0.25, 0.3) is 5.91 Å². The molecule has 1 aromatic heterocycles. The SMILES string of the molecule is Cc1cc(C(=O)Nc2cccc(-c3ccccc3)c2C)ncc1Br. The Morgan fingerprint density at radius 2 is 1.79 bits per heavy atom. The van der Waals surface area contributed by atoms with Gasteiger partial charge >= 0.3 is 0 Å². The van der Waals surface area contributed by atoms with E-state index in [1.165, 1.54) is 0 Å². The van der Waals surface area contributed by atoms with Gasteiger partial charge in [0, 0.05) is 16.4 Å². The molecule has 0 bridgehead atoms. The molecule has 0 unspecified atom stereocenters. The summed E-state index contributed by atoms with van der Waals surface area (Å²) in [5.41, 5.74) is 5.44. The Morgan fingerprint density at radius 1 is 1.04 bits per heavy atom. The normalized spacial score (nSPS) is 10.5. The van der Waals surface area contributed by atoms with Gasteiger partial charge in [-0.1, -0.05) is 42.5 Å². The molecule has 0 radical (unpaired) electrons. The molecule has 0 spiro atoms. The first-order valence-electron chi connectivity index (χ1n) is 7.65. The van der Waals surface area contributed by atoms with Crippen LogP contribution in [-0.4, -0.2) is 10.9 Å². The lowest BCUT2D eigenvalue weighted by Crippen LogP contribution is -2.14. The molecule has 0 aliphatic heterocycles. The first-order chi connectivity index (χ1) is 11.6. The number of amides is 1. The first kappa shape index (κ1) is 16.4. The van der Waals surface area contributed by atoms with E-state index >= 15 is 0 Å². The number of halogens is 1. The fourth-order valence-corrected chi connectivity index (χ4v) is 2.77. The maximum absolute atomic E-state index is 12.5. The zero-order valence-corrected chi connectivity index (χ0v) is 15.1. The first-order valence-corrected chi connectivity index (χ1v) is 8.44. The Kier molecular flexibility index (Phi) is 4.76. The molecule has 3 nitrogen and oxygen atoms in total. The number of hydrogen-bond acceptors (Lipinski definition) is 2. The lowest BCUT2D eigenvalue weighted by atomic mass is 9.99. The van der Waals surface area contributed by atoms with E-state index in [0.29, 0.717) is 5.69 Å². The molecule has 120 valence electrons. The summed E-state index contributed by atoms with van der Waals surface area (Å²) in [6.45, 7) is 3.95. The molecule has 0 saturated carbocycles. The van der Waals surface area contributed by atoms with E-state index in [2.05, 4.69) is 44.4 Å². The highest BCUT2D eigenvalue weighted by molar-refractivity contribution is 9.10. The number of anilines is 1. The molecular formula is C20H17BrN2O. The molecule has 2 aromatic carbocycles. The van der Waals surface area contributed by atoms with Gasteiger partial charge in [-0.2, -0.15) is 0 Å². The Bertz CT molecular complexity index is 891. The zero-order chi connectivity index (χ0) is 17.1. The number of benzene rings is 2. The summed E-state index contributed by atoms with van der Waals surface area (Å²) >= 11 is 3.40. The van der Waals surface area contributed by atoms with Crippen molar-refractivity contribution in [2.75, 3.05) is 5.32 Å². The van der Waals surface area contributed by atoms with E-state index in [9.17, 15) is 4.79 Å². The number of carbonyl (C=O) groups excluding carboxylic acids is 1. The zero-order valence-electron chi connectivity index (χ0n) is 13.5. The van der Waals surface area contributed by atoms with Crippen LogP contribution in [0, 0.1) is 13.8 Å². The number of rotatable bonds is 3. The average Bonchev–Trinajstić information content (AvgIpc) is 2.60. The predicted octanol–water partition coefficient (Wildman–Crippen LogP) is 5.38.